The summed E-state index contributed by atoms with van der Waals surface area (Å²) in [6.07, 6.45) is 1.66. The van der Waals surface area contributed by atoms with E-state index < -0.39 is 0 Å². The van der Waals surface area contributed by atoms with Crippen molar-refractivity contribution in [3.05, 3.63) is 54.5 Å². The summed E-state index contributed by atoms with van der Waals surface area (Å²) in [6.45, 7) is 1.93. The fourth-order valence-electron chi connectivity index (χ4n) is 3.35. The van der Waals surface area contributed by atoms with Gasteiger partial charge in [0.15, 0.2) is 12.3 Å². The number of fused-ring (bicyclic) bond motifs is 2. The SMILES string of the molecule is Cc1nc2ccc(-c3ccnc(N)c3)nc2n1-c1ccc2c(c1)OCC(=O)N2. The highest BCUT2D eigenvalue weighted by molar-refractivity contribution is 5.95. The third-order valence-electron chi connectivity index (χ3n) is 4.61. The molecule has 8 nitrogen and oxygen atoms in total. The van der Waals surface area contributed by atoms with Crippen LogP contribution in [0.2, 0.25) is 0 Å². The van der Waals surface area contributed by atoms with Crippen LogP contribution in [-0.4, -0.2) is 32.0 Å². The van der Waals surface area contributed by atoms with E-state index in [1.807, 2.05) is 47.9 Å². The molecule has 0 unspecified atom stereocenters. The van der Waals surface area contributed by atoms with Gasteiger partial charge in [-0.2, -0.15) is 0 Å². The molecule has 4 heterocycles. The van der Waals surface area contributed by atoms with Crippen LogP contribution >= 0.6 is 0 Å². The first-order chi connectivity index (χ1) is 13.6. The summed E-state index contributed by atoms with van der Waals surface area (Å²) in [6, 6.07) is 13.1. The Bertz CT molecular complexity index is 1250. The number of nitrogens with two attached hydrogens (primary N) is 1. The Morgan fingerprint density at radius 1 is 1.14 bits per heavy atom. The summed E-state index contributed by atoms with van der Waals surface area (Å²) in [5, 5.41) is 2.80. The Labute approximate surface area is 160 Å². The molecule has 0 bridgehead atoms. The van der Waals surface area contributed by atoms with E-state index in [-0.39, 0.29) is 12.5 Å². The molecule has 0 spiro atoms. The molecule has 5 rings (SSSR count). The van der Waals surface area contributed by atoms with Gasteiger partial charge in [-0.25, -0.2) is 15.0 Å². The van der Waals surface area contributed by atoms with E-state index in [4.69, 9.17) is 15.5 Å². The first-order valence-electron chi connectivity index (χ1n) is 8.73. The minimum absolute atomic E-state index is 0.00593. The highest BCUT2D eigenvalue weighted by atomic mass is 16.5. The number of aryl methyl sites for hydroxylation is 1. The summed E-state index contributed by atoms with van der Waals surface area (Å²) in [5.74, 6) is 1.70. The van der Waals surface area contributed by atoms with E-state index in [9.17, 15) is 4.79 Å². The summed E-state index contributed by atoms with van der Waals surface area (Å²) in [5.41, 5.74) is 10.5. The zero-order chi connectivity index (χ0) is 19.3. The monoisotopic (exact) mass is 372 g/mol. The largest absolute Gasteiger partial charge is 0.482 e. The number of carbonyl (C=O) groups is 1. The van der Waals surface area contributed by atoms with Gasteiger partial charge >= 0.3 is 0 Å². The van der Waals surface area contributed by atoms with Crippen LogP contribution in [0.3, 0.4) is 0 Å². The molecule has 8 heteroatoms. The summed E-state index contributed by atoms with van der Waals surface area (Å²) in [4.78, 5) is 25.0. The maximum absolute atomic E-state index is 11.5. The topological polar surface area (TPSA) is 108 Å². The average Bonchev–Trinajstić information content (AvgIpc) is 3.02. The fraction of sp³-hybridized carbons (Fsp3) is 0.100. The number of imidazole rings is 1. The Morgan fingerprint density at radius 2 is 2.04 bits per heavy atom. The van der Waals surface area contributed by atoms with Crippen LogP contribution in [0.1, 0.15) is 5.82 Å². The number of rotatable bonds is 2. The molecule has 0 radical (unpaired) electrons. The molecular weight excluding hydrogens is 356 g/mol. The van der Waals surface area contributed by atoms with E-state index in [1.165, 1.54) is 0 Å². The van der Waals surface area contributed by atoms with Gasteiger partial charge in [0.05, 0.1) is 17.1 Å². The molecule has 28 heavy (non-hydrogen) atoms. The zero-order valence-corrected chi connectivity index (χ0v) is 15.0. The van der Waals surface area contributed by atoms with Gasteiger partial charge in [0.1, 0.15) is 22.9 Å². The molecule has 0 saturated carbocycles. The normalized spacial score (nSPS) is 13.1. The number of hydrogen-bond acceptors (Lipinski definition) is 6. The predicted molar refractivity (Wildman–Crippen MR) is 105 cm³/mol. The third kappa shape index (κ3) is 2.62. The molecule has 4 aromatic rings. The van der Waals surface area contributed by atoms with Crippen molar-refractivity contribution in [3.8, 4) is 22.7 Å². The third-order valence-corrected chi connectivity index (χ3v) is 4.61. The molecule has 1 amide bonds. The van der Waals surface area contributed by atoms with E-state index in [0.717, 1.165) is 33.9 Å². The molecule has 3 N–H and O–H groups in total. The van der Waals surface area contributed by atoms with Crippen LogP contribution in [0.4, 0.5) is 11.5 Å². The van der Waals surface area contributed by atoms with Crippen LogP contribution in [0, 0.1) is 6.92 Å². The number of ether oxygens (including phenoxy) is 1. The Hall–Kier alpha value is -3.94. The van der Waals surface area contributed by atoms with Gasteiger partial charge in [0, 0.05) is 17.8 Å². The van der Waals surface area contributed by atoms with Crippen molar-refractivity contribution in [3.63, 3.8) is 0 Å². The van der Waals surface area contributed by atoms with E-state index in [0.29, 0.717) is 17.3 Å². The van der Waals surface area contributed by atoms with Crippen LogP contribution in [0.25, 0.3) is 28.1 Å². The first-order valence-corrected chi connectivity index (χ1v) is 8.73. The van der Waals surface area contributed by atoms with Gasteiger partial charge in [-0.05, 0) is 43.3 Å². The number of anilines is 2. The van der Waals surface area contributed by atoms with Gasteiger partial charge in [-0.1, -0.05) is 0 Å². The molecular formula is C20H16N6O2. The van der Waals surface area contributed by atoms with Crippen LogP contribution < -0.4 is 15.8 Å². The first kappa shape index (κ1) is 16.2. The second-order valence-electron chi connectivity index (χ2n) is 6.52. The average molecular weight is 372 g/mol. The van der Waals surface area contributed by atoms with E-state index >= 15 is 0 Å². The maximum atomic E-state index is 11.5. The molecule has 3 aromatic heterocycles. The van der Waals surface area contributed by atoms with E-state index in [1.54, 1.807) is 12.3 Å². The molecule has 1 aromatic carbocycles. The predicted octanol–water partition coefficient (Wildman–Crippen LogP) is 2.70. The minimum atomic E-state index is -0.160. The number of amides is 1. The summed E-state index contributed by atoms with van der Waals surface area (Å²) >= 11 is 0. The van der Waals surface area contributed by atoms with Gasteiger partial charge in [0.2, 0.25) is 0 Å². The second-order valence-corrected chi connectivity index (χ2v) is 6.52. The molecule has 0 saturated heterocycles. The fourth-order valence-corrected chi connectivity index (χ4v) is 3.35. The number of nitrogen functional groups attached to an aromatic ring is 1. The number of carbonyl (C=O) groups excluding carboxylic acids is 1. The second kappa shape index (κ2) is 6.05. The van der Waals surface area contributed by atoms with Gasteiger partial charge in [-0.3, -0.25) is 9.36 Å². The standard InChI is InChI=1S/C20H16N6O2/c1-11-23-16-5-4-14(12-6-7-22-18(21)8-12)25-20(16)26(11)13-2-3-15-17(9-13)28-10-19(27)24-15/h2-9H,10H2,1H3,(H2,21,22)(H,24,27). The van der Waals surface area contributed by atoms with Crippen molar-refractivity contribution in [2.45, 2.75) is 6.92 Å². The minimum Gasteiger partial charge on any atom is -0.482 e. The summed E-state index contributed by atoms with van der Waals surface area (Å²) < 4.78 is 7.51. The quantitative estimate of drug-likeness (QED) is 0.560. The smallest absolute Gasteiger partial charge is 0.262 e. The van der Waals surface area contributed by atoms with Gasteiger partial charge in [0.25, 0.3) is 5.91 Å². The van der Waals surface area contributed by atoms with Crippen molar-refractivity contribution in [1.29, 1.82) is 0 Å². The van der Waals surface area contributed by atoms with Crippen molar-refractivity contribution >= 4 is 28.6 Å². The Balaban J connectivity index is 1.66. The van der Waals surface area contributed by atoms with Gasteiger partial charge in [-0.15, -0.1) is 0 Å². The lowest BCUT2D eigenvalue weighted by Gasteiger charge is -2.19. The highest BCUT2D eigenvalue weighted by Crippen LogP contribution is 2.32. The number of nitrogens with one attached hydrogen (secondary N) is 1. The number of hydrogen-bond donors (Lipinski definition) is 2. The van der Waals surface area contributed by atoms with Crippen molar-refractivity contribution in [2.24, 2.45) is 0 Å². The van der Waals surface area contributed by atoms with Crippen molar-refractivity contribution in [1.82, 2.24) is 19.5 Å². The molecule has 0 aliphatic carbocycles. The number of nitrogens with zero attached hydrogens (tertiary/aromatic N) is 4. The Morgan fingerprint density at radius 3 is 2.89 bits per heavy atom. The zero-order valence-electron chi connectivity index (χ0n) is 15.0. The van der Waals surface area contributed by atoms with Crippen LogP contribution in [0.15, 0.2) is 48.7 Å². The Kier molecular flexibility index (Phi) is 3.51. The molecule has 0 atom stereocenters. The van der Waals surface area contributed by atoms with Crippen LogP contribution in [-0.2, 0) is 4.79 Å². The molecule has 1 aliphatic heterocycles. The molecule has 1 aliphatic rings. The van der Waals surface area contributed by atoms with Crippen molar-refractivity contribution in [2.75, 3.05) is 17.7 Å². The lowest BCUT2D eigenvalue weighted by Crippen LogP contribution is -2.25. The lowest BCUT2D eigenvalue weighted by atomic mass is 10.1. The maximum Gasteiger partial charge on any atom is 0.262 e. The number of pyridine rings is 2. The molecule has 0 fully saturated rings. The summed E-state index contributed by atoms with van der Waals surface area (Å²) in [7, 11) is 0. The number of aromatic nitrogens is 4. The van der Waals surface area contributed by atoms with Crippen LogP contribution in [0.5, 0.6) is 5.75 Å². The number of benzene rings is 1. The van der Waals surface area contributed by atoms with E-state index in [2.05, 4.69) is 15.3 Å². The highest BCUT2D eigenvalue weighted by Gasteiger charge is 2.18. The molecule has 138 valence electrons. The van der Waals surface area contributed by atoms with Crippen molar-refractivity contribution < 1.29 is 9.53 Å². The van der Waals surface area contributed by atoms with Gasteiger partial charge < -0.3 is 15.8 Å². The lowest BCUT2D eigenvalue weighted by molar-refractivity contribution is -0.118.